The largest absolute Gasteiger partial charge is 0.364 e. The van der Waals surface area contributed by atoms with Gasteiger partial charge in [-0.15, -0.1) is 0 Å². The van der Waals surface area contributed by atoms with Gasteiger partial charge in [0.05, 0.1) is 6.54 Å². The Hall–Kier alpha value is -1.52. The number of amides is 2. The van der Waals surface area contributed by atoms with Crippen LogP contribution < -0.4 is 10.6 Å². The van der Waals surface area contributed by atoms with Crippen LogP contribution >= 0.6 is 0 Å². The first-order valence-corrected chi connectivity index (χ1v) is 7.17. The highest BCUT2D eigenvalue weighted by Gasteiger charge is 2.16. The van der Waals surface area contributed by atoms with Crippen LogP contribution in [-0.4, -0.2) is 17.2 Å². The first kappa shape index (κ1) is 13.9. The smallest absolute Gasteiger partial charge is 0.315 e. The second-order valence-electron chi connectivity index (χ2n) is 5.45. The molecule has 5 nitrogen and oxygen atoms in total. The molecule has 1 heterocycles. The fraction of sp³-hybridized carbons (Fsp3) is 0.714. The van der Waals surface area contributed by atoms with Crippen LogP contribution in [0.2, 0.25) is 0 Å². The highest BCUT2D eigenvalue weighted by atomic mass is 16.5. The standard InChI is InChI=1S/C14H23N3O2/c1-11(6-7-12-4-2-3-5-12)16-14(18)15-10-13-8-9-19-17-13/h8-9,11-12H,2-7,10H2,1H3,(H2,15,16,18)/t11-/m0/s1. The molecule has 1 fully saturated rings. The van der Waals surface area contributed by atoms with Crippen LogP contribution in [0.4, 0.5) is 4.79 Å². The van der Waals surface area contributed by atoms with E-state index in [1.54, 1.807) is 6.07 Å². The summed E-state index contributed by atoms with van der Waals surface area (Å²) in [5.41, 5.74) is 0.730. The molecule has 0 radical (unpaired) electrons. The van der Waals surface area contributed by atoms with Crippen LogP contribution in [0.5, 0.6) is 0 Å². The molecule has 106 valence electrons. The SMILES string of the molecule is C[C@@H](CCC1CCCC1)NC(=O)NCc1ccon1. The number of carbonyl (C=O) groups is 1. The average Bonchev–Trinajstić information content (AvgIpc) is 3.07. The van der Waals surface area contributed by atoms with E-state index in [0.29, 0.717) is 6.54 Å². The summed E-state index contributed by atoms with van der Waals surface area (Å²) in [6.07, 6.45) is 9.28. The molecular formula is C14H23N3O2. The molecule has 1 aromatic rings. The van der Waals surface area contributed by atoms with Gasteiger partial charge in [-0.1, -0.05) is 30.8 Å². The second kappa shape index (κ2) is 7.16. The van der Waals surface area contributed by atoms with Crippen molar-refractivity contribution in [2.75, 3.05) is 0 Å². The van der Waals surface area contributed by atoms with E-state index in [1.165, 1.54) is 38.4 Å². The molecule has 0 bridgehead atoms. The molecular weight excluding hydrogens is 242 g/mol. The Morgan fingerprint density at radius 3 is 3.00 bits per heavy atom. The van der Waals surface area contributed by atoms with E-state index in [-0.39, 0.29) is 12.1 Å². The average molecular weight is 265 g/mol. The minimum Gasteiger partial charge on any atom is -0.364 e. The summed E-state index contributed by atoms with van der Waals surface area (Å²) in [7, 11) is 0. The molecule has 0 spiro atoms. The van der Waals surface area contributed by atoms with Crippen molar-refractivity contribution in [3.63, 3.8) is 0 Å². The van der Waals surface area contributed by atoms with Crippen LogP contribution in [0.1, 0.15) is 51.1 Å². The lowest BCUT2D eigenvalue weighted by Crippen LogP contribution is -2.40. The van der Waals surface area contributed by atoms with Crippen molar-refractivity contribution in [3.8, 4) is 0 Å². The van der Waals surface area contributed by atoms with Gasteiger partial charge in [-0.2, -0.15) is 0 Å². The van der Waals surface area contributed by atoms with Crippen molar-refractivity contribution in [3.05, 3.63) is 18.0 Å². The molecule has 0 saturated heterocycles. The third kappa shape index (κ3) is 4.93. The molecule has 1 aliphatic carbocycles. The summed E-state index contributed by atoms with van der Waals surface area (Å²) in [6.45, 7) is 2.46. The number of carbonyl (C=O) groups excluding carboxylic acids is 1. The highest BCUT2D eigenvalue weighted by Crippen LogP contribution is 2.28. The molecule has 0 unspecified atom stereocenters. The summed E-state index contributed by atoms with van der Waals surface area (Å²) in [6, 6.07) is 1.82. The summed E-state index contributed by atoms with van der Waals surface area (Å²) in [5, 5.41) is 9.47. The van der Waals surface area contributed by atoms with Crippen molar-refractivity contribution in [2.24, 2.45) is 5.92 Å². The molecule has 2 amide bonds. The van der Waals surface area contributed by atoms with Gasteiger partial charge in [0.15, 0.2) is 0 Å². The Bertz CT molecular complexity index is 372. The van der Waals surface area contributed by atoms with E-state index >= 15 is 0 Å². The Balaban J connectivity index is 1.58. The summed E-state index contributed by atoms with van der Waals surface area (Å²) in [5.74, 6) is 0.877. The molecule has 5 heteroatoms. The summed E-state index contributed by atoms with van der Waals surface area (Å²) in [4.78, 5) is 11.7. The number of hydrogen-bond donors (Lipinski definition) is 2. The zero-order valence-electron chi connectivity index (χ0n) is 11.5. The number of nitrogens with zero attached hydrogens (tertiary/aromatic N) is 1. The number of nitrogens with one attached hydrogen (secondary N) is 2. The predicted octanol–water partition coefficient (Wildman–Crippen LogP) is 2.83. The van der Waals surface area contributed by atoms with Crippen LogP contribution in [0.15, 0.2) is 16.9 Å². The van der Waals surface area contributed by atoms with Crippen LogP contribution in [0, 0.1) is 5.92 Å². The van der Waals surface area contributed by atoms with E-state index < -0.39 is 0 Å². The second-order valence-corrected chi connectivity index (χ2v) is 5.45. The zero-order valence-corrected chi connectivity index (χ0v) is 11.5. The summed E-state index contributed by atoms with van der Waals surface area (Å²) < 4.78 is 4.70. The van der Waals surface area contributed by atoms with Crippen molar-refractivity contribution >= 4 is 6.03 Å². The van der Waals surface area contributed by atoms with Crippen LogP contribution in [-0.2, 0) is 6.54 Å². The fourth-order valence-electron chi connectivity index (χ4n) is 2.63. The van der Waals surface area contributed by atoms with E-state index in [4.69, 9.17) is 4.52 Å². The molecule has 19 heavy (non-hydrogen) atoms. The highest BCUT2D eigenvalue weighted by molar-refractivity contribution is 5.74. The lowest BCUT2D eigenvalue weighted by molar-refractivity contribution is 0.235. The van der Waals surface area contributed by atoms with Crippen molar-refractivity contribution < 1.29 is 9.32 Å². The molecule has 2 N–H and O–H groups in total. The Morgan fingerprint density at radius 2 is 2.32 bits per heavy atom. The summed E-state index contributed by atoms with van der Waals surface area (Å²) >= 11 is 0. The van der Waals surface area contributed by atoms with E-state index in [2.05, 4.69) is 22.7 Å². The zero-order chi connectivity index (χ0) is 13.5. The Morgan fingerprint density at radius 1 is 1.53 bits per heavy atom. The first-order valence-electron chi connectivity index (χ1n) is 7.17. The van der Waals surface area contributed by atoms with Gasteiger partial charge >= 0.3 is 6.03 Å². The van der Waals surface area contributed by atoms with Gasteiger partial charge in [0.1, 0.15) is 12.0 Å². The van der Waals surface area contributed by atoms with Gasteiger partial charge in [0, 0.05) is 12.1 Å². The van der Waals surface area contributed by atoms with Gasteiger partial charge in [-0.25, -0.2) is 4.79 Å². The molecule has 1 atom stereocenters. The topological polar surface area (TPSA) is 67.2 Å². The van der Waals surface area contributed by atoms with Crippen molar-refractivity contribution in [1.82, 2.24) is 15.8 Å². The minimum atomic E-state index is -0.137. The maximum atomic E-state index is 11.7. The van der Waals surface area contributed by atoms with Gasteiger partial charge in [0.25, 0.3) is 0 Å². The lowest BCUT2D eigenvalue weighted by atomic mass is 9.99. The monoisotopic (exact) mass is 265 g/mol. The third-order valence-corrected chi connectivity index (χ3v) is 3.78. The van der Waals surface area contributed by atoms with Gasteiger partial charge < -0.3 is 15.2 Å². The third-order valence-electron chi connectivity index (χ3n) is 3.78. The predicted molar refractivity (Wildman–Crippen MR) is 72.5 cm³/mol. The normalized spacial score (nSPS) is 17.3. The number of hydrogen-bond acceptors (Lipinski definition) is 3. The maximum absolute atomic E-state index is 11.7. The fourth-order valence-corrected chi connectivity index (χ4v) is 2.63. The Labute approximate surface area is 114 Å². The van der Waals surface area contributed by atoms with E-state index in [9.17, 15) is 4.79 Å². The first-order chi connectivity index (χ1) is 9.24. The number of urea groups is 1. The molecule has 0 aliphatic heterocycles. The molecule has 2 rings (SSSR count). The van der Waals surface area contributed by atoms with E-state index in [1.807, 2.05) is 0 Å². The van der Waals surface area contributed by atoms with Gasteiger partial charge in [-0.05, 0) is 25.7 Å². The van der Waals surface area contributed by atoms with Crippen LogP contribution in [0.3, 0.4) is 0 Å². The van der Waals surface area contributed by atoms with E-state index in [0.717, 1.165) is 18.0 Å². The Kier molecular flexibility index (Phi) is 5.24. The molecule has 1 aromatic heterocycles. The van der Waals surface area contributed by atoms with Gasteiger partial charge in [0.2, 0.25) is 0 Å². The lowest BCUT2D eigenvalue weighted by Gasteiger charge is -2.16. The quantitative estimate of drug-likeness (QED) is 0.831. The van der Waals surface area contributed by atoms with Gasteiger partial charge in [-0.3, -0.25) is 0 Å². The van der Waals surface area contributed by atoms with Crippen LogP contribution in [0.25, 0.3) is 0 Å². The number of rotatable bonds is 6. The van der Waals surface area contributed by atoms with Crippen molar-refractivity contribution in [2.45, 2.75) is 58.0 Å². The molecule has 1 aliphatic rings. The van der Waals surface area contributed by atoms with Crippen molar-refractivity contribution in [1.29, 1.82) is 0 Å². The maximum Gasteiger partial charge on any atom is 0.315 e. The molecule has 1 saturated carbocycles. The number of aromatic nitrogens is 1. The molecule has 0 aromatic carbocycles. The minimum absolute atomic E-state index is 0.137.